The maximum Gasteiger partial charge on any atom is 0.154 e. The summed E-state index contributed by atoms with van der Waals surface area (Å²) in [4.78, 5) is 0. The summed E-state index contributed by atoms with van der Waals surface area (Å²) < 4.78 is 25.9. The molecule has 0 aliphatic carbocycles. The number of hydrogen-bond donors (Lipinski definition) is 1. The van der Waals surface area contributed by atoms with E-state index >= 15 is 0 Å². The number of hydrogen-bond acceptors (Lipinski definition) is 4. The Balaban J connectivity index is 1.87. The van der Waals surface area contributed by atoms with E-state index in [1.807, 2.05) is 19.2 Å². The van der Waals surface area contributed by atoms with Gasteiger partial charge in [0.25, 0.3) is 0 Å². The fourth-order valence-electron chi connectivity index (χ4n) is 3.28. The molecule has 2 aromatic rings. The van der Waals surface area contributed by atoms with Gasteiger partial charge in [-0.05, 0) is 48.7 Å². The first-order valence-electron chi connectivity index (χ1n) is 7.46. The van der Waals surface area contributed by atoms with Crippen LogP contribution in [0.25, 0.3) is 10.1 Å². The molecule has 2 heterocycles. The number of benzene rings is 1. The molecule has 5 heteroatoms. The van der Waals surface area contributed by atoms with Crippen molar-refractivity contribution in [1.29, 1.82) is 0 Å². The maximum absolute atomic E-state index is 12.3. The lowest BCUT2D eigenvalue weighted by Crippen LogP contribution is -2.46. The second-order valence-corrected chi connectivity index (χ2v) is 9.01. The second kappa shape index (κ2) is 6.07. The molecule has 0 saturated carbocycles. The fraction of sp³-hybridized carbons (Fsp3) is 0.500. The van der Waals surface area contributed by atoms with Gasteiger partial charge in [0.1, 0.15) is 0 Å². The molecule has 0 bridgehead atoms. The third-order valence-corrected chi connectivity index (χ3v) is 7.81. The van der Waals surface area contributed by atoms with E-state index < -0.39 is 9.84 Å². The van der Waals surface area contributed by atoms with Gasteiger partial charge >= 0.3 is 0 Å². The zero-order valence-corrected chi connectivity index (χ0v) is 13.8. The van der Waals surface area contributed by atoms with Crippen LogP contribution in [0.2, 0.25) is 0 Å². The van der Waals surface area contributed by atoms with Gasteiger partial charge in [-0.15, -0.1) is 11.3 Å². The normalized spacial score (nSPS) is 23.2. The minimum atomic E-state index is -2.95. The lowest BCUT2D eigenvalue weighted by molar-refractivity contribution is 0.457. The van der Waals surface area contributed by atoms with Gasteiger partial charge in [-0.3, -0.25) is 0 Å². The standard InChI is InChI=1S/C16H21NO2S2/c1-17-14(16-8-4-5-9-21(16,18)19)10-12-11-20-15-7-3-2-6-13(12)15/h2-3,6-7,11,14,16-17H,4-5,8-10H2,1H3. The zero-order valence-electron chi connectivity index (χ0n) is 12.2. The van der Waals surface area contributed by atoms with Crippen LogP contribution in [0, 0.1) is 0 Å². The van der Waals surface area contributed by atoms with Crippen molar-refractivity contribution < 1.29 is 8.42 Å². The molecule has 3 nitrogen and oxygen atoms in total. The smallest absolute Gasteiger partial charge is 0.154 e. The molecule has 0 radical (unpaired) electrons. The summed E-state index contributed by atoms with van der Waals surface area (Å²) >= 11 is 1.74. The minimum Gasteiger partial charge on any atom is -0.315 e. The van der Waals surface area contributed by atoms with E-state index in [0.29, 0.717) is 5.75 Å². The van der Waals surface area contributed by atoms with Gasteiger partial charge in [-0.25, -0.2) is 8.42 Å². The topological polar surface area (TPSA) is 46.2 Å². The highest BCUT2D eigenvalue weighted by Gasteiger charge is 2.35. The van der Waals surface area contributed by atoms with E-state index in [-0.39, 0.29) is 11.3 Å². The molecule has 1 saturated heterocycles. The van der Waals surface area contributed by atoms with Crippen LogP contribution in [-0.2, 0) is 16.3 Å². The SMILES string of the molecule is CNC(Cc1csc2ccccc12)C1CCCCS1(=O)=O. The molecule has 2 unspecified atom stereocenters. The van der Waals surface area contributed by atoms with Crippen LogP contribution in [0.1, 0.15) is 24.8 Å². The molecule has 1 aromatic heterocycles. The fourth-order valence-corrected chi connectivity index (χ4v) is 6.42. The molecular formula is C16H21NO2S2. The molecule has 1 N–H and O–H groups in total. The van der Waals surface area contributed by atoms with Crippen molar-refractivity contribution in [3.63, 3.8) is 0 Å². The van der Waals surface area contributed by atoms with E-state index in [2.05, 4.69) is 22.8 Å². The quantitative estimate of drug-likeness (QED) is 0.941. The van der Waals surface area contributed by atoms with E-state index in [0.717, 1.165) is 25.7 Å². The average molecular weight is 323 g/mol. The molecule has 1 aliphatic heterocycles. The van der Waals surface area contributed by atoms with Crippen LogP contribution in [0.5, 0.6) is 0 Å². The Bertz CT molecular complexity index is 721. The Labute approximate surface area is 130 Å². The van der Waals surface area contributed by atoms with E-state index in [1.54, 1.807) is 11.3 Å². The Morgan fingerprint density at radius 3 is 2.90 bits per heavy atom. The molecule has 1 fully saturated rings. The molecule has 0 spiro atoms. The molecular weight excluding hydrogens is 302 g/mol. The van der Waals surface area contributed by atoms with Crippen LogP contribution in [0.15, 0.2) is 29.6 Å². The molecule has 0 amide bonds. The summed E-state index contributed by atoms with van der Waals surface area (Å²) in [5.74, 6) is 0.347. The zero-order chi connectivity index (χ0) is 14.9. The van der Waals surface area contributed by atoms with Gasteiger partial charge in [0, 0.05) is 10.7 Å². The molecule has 1 aliphatic rings. The van der Waals surface area contributed by atoms with Crippen LogP contribution in [0.4, 0.5) is 0 Å². The molecule has 21 heavy (non-hydrogen) atoms. The van der Waals surface area contributed by atoms with Crippen molar-refractivity contribution in [2.24, 2.45) is 0 Å². The lowest BCUT2D eigenvalue weighted by Gasteiger charge is -2.29. The van der Waals surface area contributed by atoms with Gasteiger partial charge in [0.2, 0.25) is 0 Å². The third kappa shape index (κ3) is 3.00. The summed E-state index contributed by atoms with van der Waals surface area (Å²) in [7, 11) is -1.07. The Kier molecular flexibility index (Phi) is 4.33. The Morgan fingerprint density at radius 1 is 1.33 bits per heavy atom. The number of thiophene rings is 1. The number of fused-ring (bicyclic) bond motifs is 1. The highest BCUT2D eigenvalue weighted by atomic mass is 32.2. The van der Waals surface area contributed by atoms with E-state index in [1.165, 1.54) is 15.6 Å². The number of rotatable bonds is 4. The number of likely N-dealkylation sites (N-methyl/N-ethyl adjacent to an activating group) is 1. The largest absolute Gasteiger partial charge is 0.315 e. The lowest BCUT2D eigenvalue weighted by atomic mass is 9.99. The summed E-state index contributed by atoms with van der Waals surface area (Å²) in [6.07, 6.45) is 3.41. The Hall–Kier alpha value is -0.910. The first-order valence-corrected chi connectivity index (χ1v) is 10.1. The molecule has 3 rings (SSSR count). The first kappa shape index (κ1) is 15.0. The summed E-state index contributed by atoms with van der Waals surface area (Å²) in [6.45, 7) is 0. The predicted octanol–water partition coefficient (Wildman–Crippen LogP) is 3.00. The Morgan fingerprint density at radius 2 is 2.14 bits per heavy atom. The average Bonchev–Trinajstić information content (AvgIpc) is 2.88. The first-order chi connectivity index (χ1) is 10.1. The number of nitrogens with one attached hydrogen (secondary N) is 1. The predicted molar refractivity (Wildman–Crippen MR) is 89.8 cm³/mol. The molecule has 1 aromatic carbocycles. The van der Waals surface area contributed by atoms with E-state index in [9.17, 15) is 8.42 Å². The monoisotopic (exact) mass is 323 g/mol. The maximum atomic E-state index is 12.3. The van der Waals surface area contributed by atoms with E-state index in [4.69, 9.17) is 0 Å². The van der Waals surface area contributed by atoms with Gasteiger partial charge in [-0.2, -0.15) is 0 Å². The van der Waals surface area contributed by atoms with Crippen LogP contribution in [-0.4, -0.2) is 32.5 Å². The van der Waals surface area contributed by atoms with Crippen molar-refractivity contribution in [1.82, 2.24) is 5.32 Å². The van der Waals surface area contributed by atoms with Gasteiger partial charge in [0.05, 0.1) is 11.0 Å². The van der Waals surface area contributed by atoms with Crippen LogP contribution >= 0.6 is 11.3 Å². The van der Waals surface area contributed by atoms with Crippen molar-refractivity contribution in [3.8, 4) is 0 Å². The van der Waals surface area contributed by atoms with Crippen LogP contribution < -0.4 is 5.32 Å². The van der Waals surface area contributed by atoms with Crippen molar-refractivity contribution >= 4 is 31.3 Å². The highest BCUT2D eigenvalue weighted by molar-refractivity contribution is 7.92. The minimum absolute atomic E-state index is 0.00769. The van der Waals surface area contributed by atoms with Crippen molar-refractivity contribution in [2.75, 3.05) is 12.8 Å². The van der Waals surface area contributed by atoms with Gasteiger partial charge < -0.3 is 5.32 Å². The highest BCUT2D eigenvalue weighted by Crippen LogP contribution is 2.29. The summed E-state index contributed by atoms with van der Waals surface area (Å²) in [6, 6.07) is 8.35. The van der Waals surface area contributed by atoms with Gasteiger partial charge in [0.15, 0.2) is 9.84 Å². The molecule has 114 valence electrons. The third-order valence-electron chi connectivity index (χ3n) is 4.45. The van der Waals surface area contributed by atoms with Gasteiger partial charge in [-0.1, -0.05) is 24.6 Å². The van der Waals surface area contributed by atoms with Crippen LogP contribution in [0.3, 0.4) is 0 Å². The molecule has 2 atom stereocenters. The number of sulfone groups is 1. The second-order valence-electron chi connectivity index (χ2n) is 5.76. The van der Waals surface area contributed by atoms with Crippen molar-refractivity contribution in [2.45, 2.75) is 37.0 Å². The van der Waals surface area contributed by atoms with Crippen molar-refractivity contribution in [3.05, 3.63) is 35.2 Å². The summed E-state index contributed by atoms with van der Waals surface area (Å²) in [5, 5.41) is 6.45. The summed E-state index contributed by atoms with van der Waals surface area (Å²) in [5.41, 5.74) is 1.26.